The van der Waals surface area contributed by atoms with E-state index in [4.69, 9.17) is 4.74 Å². The van der Waals surface area contributed by atoms with E-state index >= 15 is 0 Å². The van der Waals surface area contributed by atoms with Crippen molar-refractivity contribution >= 4 is 0 Å². The van der Waals surface area contributed by atoms with Crippen LogP contribution in [-0.4, -0.2) is 35.8 Å². The van der Waals surface area contributed by atoms with Crippen molar-refractivity contribution in [2.24, 2.45) is 0 Å². The summed E-state index contributed by atoms with van der Waals surface area (Å²) < 4.78 is 5.39. The molecule has 0 amide bonds. The Labute approximate surface area is 120 Å². The van der Waals surface area contributed by atoms with Crippen LogP contribution in [0.5, 0.6) is 5.75 Å². The topological polar surface area (TPSA) is 41.1 Å². The second kappa shape index (κ2) is 6.57. The van der Waals surface area contributed by atoms with Crippen LogP contribution in [0.2, 0.25) is 0 Å². The normalized spacial score (nSPS) is 11.1. The Hall–Kier alpha value is -1.81. The number of aryl methyl sites for hydroxylation is 2. The van der Waals surface area contributed by atoms with Gasteiger partial charge in [-0.15, -0.1) is 0 Å². The van der Waals surface area contributed by atoms with E-state index in [-0.39, 0.29) is 0 Å². The standard InChI is InChI=1S/C16H23N3O/c1-12-15(13(2)18-17-12)11-19(3)10-9-14-7-5-6-8-16(14)20-4/h5-8H,9-11H2,1-4H3,(H,17,18). The molecule has 0 aliphatic carbocycles. The highest BCUT2D eigenvalue weighted by Crippen LogP contribution is 2.18. The summed E-state index contributed by atoms with van der Waals surface area (Å²) in [6, 6.07) is 8.20. The summed E-state index contributed by atoms with van der Waals surface area (Å²) in [4.78, 5) is 2.32. The molecule has 0 spiro atoms. The first-order chi connectivity index (χ1) is 9.61. The Morgan fingerprint density at radius 3 is 2.65 bits per heavy atom. The van der Waals surface area contributed by atoms with E-state index in [1.807, 2.05) is 19.1 Å². The number of methoxy groups -OCH3 is 1. The molecule has 1 aromatic heterocycles. The summed E-state index contributed by atoms with van der Waals surface area (Å²) in [5.74, 6) is 0.969. The molecule has 0 atom stereocenters. The van der Waals surface area contributed by atoms with Gasteiger partial charge < -0.3 is 9.64 Å². The van der Waals surface area contributed by atoms with Crippen molar-refractivity contribution in [1.29, 1.82) is 0 Å². The zero-order valence-electron chi connectivity index (χ0n) is 12.7. The molecule has 0 saturated heterocycles. The van der Waals surface area contributed by atoms with E-state index in [0.717, 1.165) is 36.6 Å². The molecule has 4 nitrogen and oxygen atoms in total. The largest absolute Gasteiger partial charge is 0.496 e. The molecule has 0 radical (unpaired) electrons. The van der Waals surface area contributed by atoms with Crippen molar-refractivity contribution < 1.29 is 4.74 Å². The third kappa shape index (κ3) is 3.39. The van der Waals surface area contributed by atoms with Gasteiger partial charge in [-0.05, 0) is 38.9 Å². The molecule has 1 N–H and O–H groups in total. The van der Waals surface area contributed by atoms with Crippen LogP contribution in [0.25, 0.3) is 0 Å². The number of H-pyrrole nitrogens is 1. The number of likely N-dealkylation sites (N-methyl/N-ethyl adjacent to an activating group) is 1. The van der Waals surface area contributed by atoms with E-state index in [2.05, 4.69) is 41.2 Å². The molecule has 0 aliphatic heterocycles. The van der Waals surface area contributed by atoms with Crippen LogP contribution in [0, 0.1) is 13.8 Å². The highest BCUT2D eigenvalue weighted by atomic mass is 16.5. The molecule has 2 rings (SSSR count). The number of rotatable bonds is 6. The summed E-state index contributed by atoms with van der Waals surface area (Å²) in [6.45, 7) is 6.03. The smallest absolute Gasteiger partial charge is 0.122 e. The van der Waals surface area contributed by atoms with Gasteiger partial charge in [-0.2, -0.15) is 5.10 Å². The van der Waals surface area contributed by atoms with Gasteiger partial charge in [0, 0.05) is 24.3 Å². The van der Waals surface area contributed by atoms with Gasteiger partial charge in [-0.25, -0.2) is 0 Å². The van der Waals surface area contributed by atoms with E-state index in [0.29, 0.717) is 0 Å². The van der Waals surface area contributed by atoms with Crippen LogP contribution in [-0.2, 0) is 13.0 Å². The number of aromatic amines is 1. The van der Waals surface area contributed by atoms with Crippen molar-refractivity contribution in [3.8, 4) is 5.75 Å². The van der Waals surface area contributed by atoms with Gasteiger partial charge in [-0.1, -0.05) is 18.2 Å². The van der Waals surface area contributed by atoms with Crippen molar-refractivity contribution in [2.75, 3.05) is 20.7 Å². The molecule has 4 heteroatoms. The molecular weight excluding hydrogens is 250 g/mol. The second-order valence-electron chi connectivity index (χ2n) is 5.21. The molecule has 1 heterocycles. The number of hydrogen-bond acceptors (Lipinski definition) is 3. The predicted octanol–water partition coefficient (Wildman–Crippen LogP) is 2.71. The fourth-order valence-electron chi connectivity index (χ4n) is 2.38. The maximum absolute atomic E-state index is 5.39. The molecule has 0 aliphatic rings. The molecule has 0 fully saturated rings. The van der Waals surface area contributed by atoms with Crippen molar-refractivity contribution in [3.63, 3.8) is 0 Å². The second-order valence-corrected chi connectivity index (χ2v) is 5.21. The number of nitrogens with one attached hydrogen (secondary N) is 1. The summed E-state index contributed by atoms with van der Waals surface area (Å²) >= 11 is 0. The number of benzene rings is 1. The van der Waals surface area contributed by atoms with Gasteiger partial charge in [0.05, 0.1) is 12.8 Å². The number of nitrogens with zero attached hydrogens (tertiary/aromatic N) is 2. The molecule has 1 aromatic carbocycles. The number of para-hydroxylation sites is 1. The summed E-state index contributed by atoms with van der Waals surface area (Å²) in [5.41, 5.74) is 4.80. The SMILES string of the molecule is COc1ccccc1CCN(C)Cc1c(C)n[nH]c1C. The lowest BCUT2D eigenvalue weighted by Gasteiger charge is -2.17. The summed E-state index contributed by atoms with van der Waals surface area (Å²) in [5, 5.41) is 7.28. The third-order valence-electron chi connectivity index (χ3n) is 3.66. The maximum Gasteiger partial charge on any atom is 0.122 e. The van der Waals surface area contributed by atoms with E-state index in [1.54, 1.807) is 7.11 Å². The zero-order valence-corrected chi connectivity index (χ0v) is 12.7. The highest BCUT2D eigenvalue weighted by molar-refractivity contribution is 5.33. The van der Waals surface area contributed by atoms with Gasteiger partial charge in [0.15, 0.2) is 0 Å². The zero-order chi connectivity index (χ0) is 14.5. The van der Waals surface area contributed by atoms with E-state index in [9.17, 15) is 0 Å². The van der Waals surface area contributed by atoms with Crippen LogP contribution in [0.1, 0.15) is 22.5 Å². The predicted molar refractivity (Wildman–Crippen MR) is 81.1 cm³/mol. The lowest BCUT2D eigenvalue weighted by atomic mass is 10.1. The quantitative estimate of drug-likeness (QED) is 0.880. The minimum atomic E-state index is 0.920. The molecule has 0 unspecified atom stereocenters. The van der Waals surface area contributed by atoms with Crippen LogP contribution in [0.4, 0.5) is 0 Å². The first-order valence-electron chi connectivity index (χ1n) is 6.92. The fourth-order valence-corrected chi connectivity index (χ4v) is 2.38. The Morgan fingerprint density at radius 1 is 1.25 bits per heavy atom. The molecular formula is C16H23N3O. The summed E-state index contributed by atoms with van der Waals surface area (Å²) in [7, 11) is 3.86. The average molecular weight is 273 g/mol. The van der Waals surface area contributed by atoms with E-state index < -0.39 is 0 Å². The van der Waals surface area contributed by atoms with Crippen molar-refractivity contribution in [2.45, 2.75) is 26.8 Å². The highest BCUT2D eigenvalue weighted by Gasteiger charge is 2.10. The fraction of sp³-hybridized carbons (Fsp3) is 0.438. The number of hydrogen-bond donors (Lipinski definition) is 1. The lowest BCUT2D eigenvalue weighted by molar-refractivity contribution is 0.326. The minimum absolute atomic E-state index is 0.920. The Morgan fingerprint density at radius 2 is 2.00 bits per heavy atom. The van der Waals surface area contributed by atoms with Gasteiger partial charge in [0.25, 0.3) is 0 Å². The van der Waals surface area contributed by atoms with Gasteiger partial charge in [0.2, 0.25) is 0 Å². The number of aromatic nitrogens is 2. The minimum Gasteiger partial charge on any atom is -0.496 e. The van der Waals surface area contributed by atoms with E-state index in [1.165, 1.54) is 11.1 Å². The summed E-state index contributed by atoms with van der Waals surface area (Å²) in [6.07, 6.45) is 0.983. The molecule has 0 bridgehead atoms. The van der Waals surface area contributed by atoms with Crippen molar-refractivity contribution in [3.05, 3.63) is 46.8 Å². The molecule has 20 heavy (non-hydrogen) atoms. The Bertz CT molecular complexity index is 543. The first-order valence-corrected chi connectivity index (χ1v) is 6.92. The lowest BCUT2D eigenvalue weighted by Crippen LogP contribution is -2.21. The van der Waals surface area contributed by atoms with Gasteiger partial charge in [-0.3, -0.25) is 5.10 Å². The molecule has 2 aromatic rings. The van der Waals surface area contributed by atoms with Crippen LogP contribution in [0.3, 0.4) is 0 Å². The van der Waals surface area contributed by atoms with Crippen LogP contribution in [0.15, 0.2) is 24.3 Å². The first kappa shape index (κ1) is 14.6. The third-order valence-corrected chi connectivity index (χ3v) is 3.66. The van der Waals surface area contributed by atoms with Gasteiger partial charge >= 0.3 is 0 Å². The average Bonchev–Trinajstić information content (AvgIpc) is 2.77. The Balaban J connectivity index is 1.94. The number of ether oxygens (including phenoxy) is 1. The molecule has 108 valence electrons. The van der Waals surface area contributed by atoms with Crippen molar-refractivity contribution in [1.82, 2.24) is 15.1 Å². The Kier molecular flexibility index (Phi) is 4.79. The van der Waals surface area contributed by atoms with Crippen LogP contribution >= 0.6 is 0 Å². The van der Waals surface area contributed by atoms with Crippen LogP contribution < -0.4 is 4.74 Å². The monoisotopic (exact) mass is 273 g/mol. The van der Waals surface area contributed by atoms with Gasteiger partial charge in [0.1, 0.15) is 5.75 Å². The molecule has 0 saturated carbocycles. The maximum atomic E-state index is 5.39.